The van der Waals surface area contributed by atoms with Crippen molar-refractivity contribution in [3.05, 3.63) is 103 Å². The lowest BCUT2D eigenvalue weighted by Gasteiger charge is -2.41. The highest BCUT2D eigenvalue weighted by atomic mass is 28.3. The summed E-state index contributed by atoms with van der Waals surface area (Å²) in [6, 6.07) is 35.8. The van der Waals surface area contributed by atoms with E-state index in [1.807, 2.05) is 30.3 Å². The van der Waals surface area contributed by atoms with E-state index >= 15 is 0 Å². The van der Waals surface area contributed by atoms with Crippen LogP contribution in [-0.2, 0) is 0 Å². The second-order valence-corrected chi connectivity index (χ2v) is 13.1. The minimum Gasteiger partial charge on any atom is -0.416 e. The summed E-state index contributed by atoms with van der Waals surface area (Å²) >= 11 is 0. The van der Waals surface area contributed by atoms with Crippen LogP contribution in [0.2, 0.25) is 13.1 Å². The van der Waals surface area contributed by atoms with E-state index in [1.54, 1.807) is 0 Å². The van der Waals surface area contributed by atoms with Gasteiger partial charge in [0.25, 0.3) is 0 Å². The van der Waals surface area contributed by atoms with E-state index in [9.17, 15) is 0 Å². The van der Waals surface area contributed by atoms with Crippen LogP contribution in [0.3, 0.4) is 0 Å². The van der Waals surface area contributed by atoms with Gasteiger partial charge in [0.15, 0.2) is 0 Å². The van der Waals surface area contributed by atoms with Gasteiger partial charge in [-0.15, -0.1) is 10.2 Å². The van der Waals surface area contributed by atoms with Crippen LogP contribution in [0.1, 0.15) is 0 Å². The molecule has 0 bridgehead atoms. The van der Waals surface area contributed by atoms with Gasteiger partial charge in [0, 0.05) is 28.2 Å². The summed E-state index contributed by atoms with van der Waals surface area (Å²) in [6.45, 7) is 4.87. The van der Waals surface area contributed by atoms with E-state index in [1.165, 1.54) is 21.7 Å². The van der Waals surface area contributed by atoms with Gasteiger partial charge >= 0.3 is 0 Å². The van der Waals surface area contributed by atoms with Crippen LogP contribution in [-0.4, -0.2) is 18.3 Å². The average Bonchev–Trinajstić information content (AvgIpc) is 3.36. The number of nitrogens with zero attached hydrogens (tertiary/aromatic N) is 3. The van der Waals surface area contributed by atoms with E-state index in [2.05, 4.69) is 101 Å². The lowest BCUT2D eigenvalue weighted by molar-refractivity contribution is 0.584. The fourth-order valence-electron chi connectivity index (χ4n) is 4.74. The molecule has 5 aromatic rings. The quantitative estimate of drug-likeness (QED) is 0.319. The second-order valence-electron chi connectivity index (χ2n) is 8.82. The Hall–Kier alpha value is -3.96. The normalized spacial score (nSPS) is 13.9. The van der Waals surface area contributed by atoms with Gasteiger partial charge in [-0.25, -0.2) is 0 Å². The molecule has 1 aliphatic rings. The maximum Gasteiger partial charge on any atom is 0.248 e. The van der Waals surface area contributed by atoms with Gasteiger partial charge in [0.2, 0.25) is 11.8 Å². The molecule has 1 aromatic heterocycles. The zero-order valence-electron chi connectivity index (χ0n) is 18.6. The van der Waals surface area contributed by atoms with Crippen molar-refractivity contribution in [2.75, 3.05) is 4.90 Å². The van der Waals surface area contributed by atoms with Gasteiger partial charge in [-0.2, -0.15) is 0 Å². The highest BCUT2D eigenvalue weighted by Crippen LogP contribution is 2.38. The Morgan fingerprint density at radius 3 is 1.64 bits per heavy atom. The minimum absolute atomic E-state index is 0.522. The Balaban J connectivity index is 1.40. The standard InChI is InChI=1S/C28H23N3OSi/c1-33(2)25-14-8-6-12-23(25)31(24-13-7-9-15-26(24)33)22-18-16-21(17-19-22)28-30-29-27(32-28)20-10-4-3-5-11-20/h3-19H,1-2H3. The van der Waals surface area contributed by atoms with E-state index in [0.29, 0.717) is 11.8 Å². The Morgan fingerprint density at radius 2 is 1.06 bits per heavy atom. The molecule has 33 heavy (non-hydrogen) atoms. The van der Waals surface area contributed by atoms with Gasteiger partial charge in [0.05, 0.1) is 0 Å². The molecular formula is C28H23N3OSi. The first-order valence-electron chi connectivity index (χ1n) is 11.1. The molecule has 0 spiro atoms. The monoisotopic (exact) mass is 445 g/mol. The highest BCUT2D eigenvalue weighted by Gasteiger charge is 2.38. The van der Waals surface area contributed by atoms with Crippen molar-refractivity contribution in [3.8, 4) is 22.9 Å². The van der Waals surface area contributed by atoms with Crippen LogP contribution in [0.5, 0.6) is 0 Å². The number of fused-ring (bicyclic) bond motifs is 2. The smallest absolute Gasteiger partial charge is 0.248 e. The molecular weight excluding hydrogens is 422 g/mol. The number of para-hydroxylation sites is 2. The Morgan fingerprint density at radius 1 is 0.576 bits per heavy atom. The van der Waals surface area contributed by atoms with E-state index in [4.69, 9.17) is 4.42 Å². The largest absolute Gasteiger partial charge is 0.416 e. The molecule has 4 nitrogen and oxygen atoms in total. The predicted molar refractivity (Wildman–Crippen MR) is 137 cm³/mol. The van der Waals surface area contributed by atoms with Gasteiger partial charge in [0.1, 0.15) is 8.07 Å². The number of benzene rings is 4. The molecule has 0 amide bonds. The predicted octanol–water partition coefficient (Wildman–Crippen LogP) is 6.01. The first-order valence-corrected chi connectivity index (χ1v) is 14.1. The number of hydrogen-bond acceptors (Lipinski definition) is 4. The molecule has 0 unspecified atom stereocenters. The first-order chi connectivity index (χ1) is 16.1. The summed E-state index contributed by atoms with van der Waals surface area (Å²) in [7, 11) is -1.77. The van der Waals surface area contributed by atoms with Crippen molar-refractivity contribution in [1.82, 2.24) is 10.2 Å². The maximum absolute atomic E-state index is 5.95. The molecule has 1 aliphatic heterocycles. The summed E-state index contributed by atoms with van der Waals surface area (Å²) < 4.78 is 5.95. The molecule has 4 aromatic carbocycles. The Bertz CT molecular complexity index is 1390. The van der Waals surface area contributed by atoms with Crippen molar-refractivity contribution >= 4 is 35.5 Å². The van der Waals surface area contributed by atoms with Crippen LogP contribution in [0.25, 0.3) is 22.9 Å². The zero-order chi connectivity index (χ0) is 22.4. The molecule has 0 saturated heterocycles. The molecule has 0 fully saturated rings. The molecule has 0 radical (unpaired) electrons. The maximum atomic E-state index is 5.95. The van der Waals surface area contributed by atoms with Crippen molar-refractivity contribution in [2.45, 2.75) is 13.1 Å². The molecule has 0 N–H and O–H groups in total. The fourth-order valence-corrected chi connectivity index (χ4v) is 7.72. The summed E-state index contributed by atoms with van der Waals surface area (Å²) in [5, 5.41) is 11.4. The summed E-state index contributed by atoms with van der Waals surface area (Å²) in [4.78, 5) is 2.37. The number of hydrogen-bond donors (Lipinski definition) is 0. The third kappa shape index (κ3) is 3.20. The van der Waals surface area contributed by atoms with Gasteiger partial charge in [-0.1, -0.05) is 67.7 Å². The van der Waals surface area contributed by atoms with Crippen LogP contribution in [0, 0.1) is 0 Å². The number of rotatable bonds is 3. The van der Waals surface area contributed by atoms with E-state index in [0.717, 1.165) is 16.8 Å². The third-order valence-electron chi connectivity index (χ3n) is 6.45. The Labute approximate surface area is 194 Å². The first kappa shape index (κ1) is 19.7. The molecule has 0 saturated carbocycles. The summed E-state index contributed by atoms with van der Waals surface area (Å²) in [6.07, 6.45) is 0. The highest BCUT2D eigenvalue weighted by molar-refractivity contribution is 7.02. The van der Waals surface area contributed by atoms with Gasteiger partial charge in [-0.3, -0.25) is 0 Å². The van der Waals surface area contributed by atoms with Gasteiger partial charge in [-0.05, 0) is 58.9 Å². The molecule has 6 rings (SSSR count). The van der Waals surface area contributed by atoms with Crippen LogP contribution >= 0.6 is 0 Å². The van der Waals surface area contributed by atoms with Gasteiger partial charge < -0.3 is 9.32 Å². The number of anilines is 3. The molecule has 2 heterocycles. The molecule has 0 aliphatic carbocycles. The van der Waals surface area contributed by atoms with Crippen molar-refractivity contribution in [3.63, 3.8) is 0 Å². The van der Waals surface area contributed by atoms with Crippen LogP contribution in [0.15, 0.2) is 108 Å². The molecule has 0 atom stereocenters. The number of aromatic nitrogens is 2. The average molecular weight is 446 g/mol. The summed E-state index contributed by atoms with van der Waals surface area (Å²) in [5.74, 6) is 1.05. The lowest BCUT2D eigenvalue weighted by atomic mass is 10.1. The summed E-state index contributed by atoms with van der Waals surface area (Å²) in [5.41, 5.74) is 5.48. The van der Waals surface area contributed by atoms with Crippen molar-refractivity contribution < 1.29 is 4.42 Å². The van der Waals surface area contributed by atoms with Crippen molar-refractivity contribution in [1.29, 1.82) is 0 Å². The van der Waals surface area contributed by atoms with E-state index < -0.39 is 8.07 Å². The van der Waals surface area contributed by atoms with Crippen LogP contribution < -0.4 is 15.3 Å². The molecule has 160 valence electrons. The zero-order valence-corrected chi connectivity index (χ0v) is 19.6. The molecule has 5 heteroatoms. The third-order valence-corrected chi connectivity index (χ3v) is 9.99. The Kier molecular flexibility index (Phi) is 4.52. The van der Waals surface area contributed by atoms with E-state index in [-0.39, 0.29) is 0 Å². The van der Waals surface area contributed by atoms with Crippen LogP contribution in [0.4, 0.5) is 17.1 Å². The lowest BCUT2D eigenvalue weighted by Crippen LogP contribution is -2.58. The SMILES string of the molecule is C[Si]1(C)c2ccccc2N(c2ccc(-c3nnc(-c4ccccc4)o3)cc2)c2ccccc21. The van der Waals surface area contributed by atoms with Crippen molar-refractivity contribution in [2.24, 2.45) is 0 Å². The minimum atomic E-state index is -1.77. The fraction of sp³-hybridized carbons (Fsp3) is 0.0714. The second kappa shape index (κ2) is 7.57. The topological polar surface area (TPSA) is 42.2 Å².